The van der Waals surface area contributed by atoms with E-state index in [1.807, 2.05) is 67.3 Å². The maximum absolute atomic E-state index is 11.8. The van der Waals surface area contributed by atoms with Crippen LogP contribution in [0.4, 0.5) is 11.4 Å². The van der Waals surface area contributed by atoms with E-state index in [1.165, 1.54) is 0 Å². The molecule has 1 amide bonds. The van der Waals surface area contributed by atoms with Crippen LogP contribution in [-0.2, 0) is 4.79 Å². The maximum atomic E-state index is 11.8. The van der Waals surface area contributed by atoms with Gasteiger partial charge in [0.2, 0.25) is 5.91 Å². The molecule has 1 aliphatic rings. The van der Waals surface area contributed by atoms with E-state index in [2.05, 4.69) is 10.6 Å². The number of amides is 1. The van der Waals surface area contributed by atoms with Gasteiger partial charge in [-0.25, -0.2) is 0 Å². The minimum Gasteiger partial charge on any atom is -0.491 e. The summed E-state index contributed by atoms with van der Waals surface area (Å²) in [6, 6.07) is 15.8. The molecule has 2 N–H and O–H groups in total. The molecule has 0 spiro atoms. The van der Waals surface area contributed by atoms with Crippen molar-refractivity contribution in [2.45, 2.75) is 32.7 Å². The molecule has 0 aliphatic carbocycles. The first kappa shape index (κ1) is 19.2. The second kappa shape index (κ2) is 8.86. The lowest BCUT2D eigenvalue weighted by atomic mass is 10.2. The Hall–Kier alpha value is -2.60. The highest BCUT2D eigenvalue weighted by Crippen LogP contribution is 2.23. The van der Waals surface area contributed by atoms with Crippen molar-refractivity contribution in [3.05, 3.63) is 54.1 Å². The zero-order chi connectivity index (χ0) is 19.2. The van der Waals surface area contributed by atoms with Crippen LogP contribution >= 0.6 is 12.2 Å². The molecule has 1 aliphatic heterocycles. The van der Waals surface area contributed by atoms with Gasteiger partial charge in [-0.2, -0.15) is 0 Å². The van der Waals surface area contributed by atoms with Gasteiger partial charge in [0.25, 0.3) is 0 Å². The molecule has 142 valence electrons. The monoisotopic (exact) mass is 383 g/mol. The topological polar surface area (TPSA) is 53.6 Å². The van der Waals surface area contributed by atoms with Crippen LogP contribution in [0.5, 0.6) is 5.75 Å². The van der Waals surface area contributed by atoms with Crippen molar-refractivity contribution in [2.75, 3.05) is 23.4 Å². The van der Waals surface area contributed by atoms with Crippen molar-refractivity contribution in [3.8, 4) is 5.75 Å². The summed E-state index contributed by atoms with van der Waals surface area (Å²) < 4.78 is 5.85. The van der Waals surface area contributed by atoms with Crippen molar-refractivity contribution < 1.29 is 9.53 Å². The smallest absolute Gasteiger partial charge is 0.227 e. The van der Waals surface area contributed by atoms with Gasteiger partial charge in [0.1, 0.15) is 12.4 Å². The van der Waals surface area contributed by atoms with Gasteiger partial charge in [0.15, 0.2) is 5.11 Å². The Morgan fingerprint density at radius 3 is 2.63 bits per heavy atom. The molecule has 5 nitrogen and oxygen atoms in total. The lowest BCUT2D eigenvalue weighted by Gasteiger charge is -2.19. The third-order valence-corrected chi connectivity index (χ3v) is 4.69. The predicted molar refractivity (Wildman–Crippen MR) is 114 cm³/mol. The molecule has 27 heavy (non-hydrogen) atoms. The van der Waals surface area contributed by atoms with E-state index >= 15 is 0 Å². The molecular formula is C21H25N3O2S. The average molecular weight is 384 g/mol. The number of rotatable bonds is 6. The van der Waals surface area contributed by atoms with Gasteiger partial charge < -0.3 is 20.3 Å². The molecule has 1 atom stereocenters. The highest BCUT2D eigenvalue weighted by Gasteiger charge is 2.21. The molecule has 0 saturated carbocycles. The molecule has 2 aromatic rings. The summed E-state index contributed by atoms with van der Waals surface area (Å²) in [5, 5.41) is 6.94. The molecule has 3 rings (SSSR count). The number of carbonyl (C=O) groups is 1. The number of carbonyl (C=O) groups excluding carboxylic acids is 1. The number of thiocarbonyl (C=S) groups is 1. The highest BCUT2D eigenvalue weighted by molar-refractivity contribution is 7.80. The Bertz CT molecular complexity index is 807. The number of hydrogen-bond acceptors (Lipinski definition) is 3. The van der Waals surface area contributed by atoms with Crippen LogP contribution in [0.2, 0.25) is 0 Å². The lowest BCUT2D eigenvalue weighted by Crippen LogP contribution is -2.39. The number of hydrogen-bond donors (Lipinski definition) is 2. The first-order valence-electron chi connectivity index (χ1n) is 9.19. The molecule has 6 heteroatoms. The fourth-order valence-electron chi connectivity index (χ4n) is 3.01. The second-order valence-corrected chi connectivity index (χ2v) is 7.18. The molecule has 2 aromatic carbocycles. The summed E-state index contributed by atoms with van der Waals surface area (Å²) in [7, 11) is 0. The first-order chi connectivity index (χ1) is 13.0. The van der Waals surface area contributed by atoms with Gasteiger partial charge in [-0.3, -0.25) is 4.79 Å². The van der Waals surface area contributed by atoms with Gasteiger partial charge in [-0.15, -0.1) is 0 Å². The molecular weight excluding hydrogens is 358 g/mol. The van der Waals surface area contributed by atoms with Crippen LogP contribution < -0.4 is 20.3 Å². The first-order valence-corrected chi connectivity index (χ1v) is 9.60. The van der Waals surface area contributed by atoms with E-state index in [9.17, 15) is 4.79 Å². The predicted octanol–water partition coefficient (Wildman–Crippen LogP) is 3.88. The summed E-state index contributed by atoms with van der Waals surface area (Å²) in [6.45, 7) is 5.36. The molecule has 1 fully saturated rings. The van der Waals surface area contributed by atoms with E-state index < -0.39 is 0 Å². The minimum atomic E-state index is 0.0612. The van der Waals surface area contributed by atoms with Crippen LogP contribution in [0.25, 0.3) is 0 Å². The number of anilines is 2. The molecule has 1 saturated heterocycles. The molecule has 0 aromatic heterocycles. The fourth-order valence-corrected chi connectivity index (χ4v) is 3.33. The minimum absolute atomic E-state index is 0.0612. The highest BCUT2D eigenvalue weighted by atomic mass is 32.1. The number of nitrogens with one attached hydrogen (secondary N) is 2. The summed E-state index contributed by atoms with van der Waals surface area (Å²) in [4.78, 5) is 13.6. The third-order valence-electron chi connectivity index (χ3n) is 4.47. The fraction of sp³-hybridized carbons (Fsp3) is 0.333. The summed E-state index contributed by atoms with van der Waals surface area (Å²) in [5.74, 6) is 1.08. The summed E-state index contributed by atoms with van der Waals surface area (Å²) in [5.41, 5.74) is 2.93. The van der Waals surface area contributed by atoms with Crippen LogP contribution in [0.15, 0.2) is 48.5 Å². The zero-order valence-corrected chi connectivity index (χ0v) is 16.5. The Kier molecular flexibility index (Phi) is 6.29. The zero-order valence-electron chi connectivity index (χ0n) is 15.7. The largest absolute Gasteiger partial charge is 0.491 e. The van der Waals surface area contributed by atoms with Gasteiger partial charge in [0.05, 0.1) is 6.04 Å². The van der Waals surface area contributed by atoms with Crippen molar-refractivity contribution in [1.82, 2.24) is 5.32 Å². The van der Waals surface area contributed by atoms with Gasteiger partial charge in [-0.05, 0) is 68.4 Å². The quantitative estimate of drug-likeness (QED) is 0.742. The van der Waals surface area contributed by atoms with Crippen LogP contribution in [0.1, 0.15) is 25.3 Å². The third kappa shape index (κ3) is 5.20. The van der Waals surface area contributed by atoms with Gasteiger partial charge in [0, 0.05) is 24.3 Å². The van der Waals surface area contributed by atoms with E-state index in [0.29, 0.717) is 18.1 Å². The van der Waals surface area contributed by atoms with Crippen molar-refractivity contribution in [3.63, 3.8) is 0 Å². The standard InChI is InChI=1S/C21H25N3O2S/c1-15-6-3-4-7-19(15)26-14-16(2)22-21(27)23-17-9-11-18(12-10-17)24-13-5-8-20(24)25/h3-4,6-7,9-12,16H,5,8,13-14H2,1-2H3,(H2,22,23,27)/t16-/m0/s1. The number of benzene rings is 2. The molecule has 0 unspecified atom stereocenters. The summed E-state index contributed by atoms with van der Waals surface area (Å²) >= 11 is 5.39. The number of nitrogens with zero attached hydrogens (tertiary/aromatic N) is 1. The normalized spacial score (nSPS) is 14.7. The number of para-hydroxylation sites is 1. The Balaban J connectivity index is 1.47. The molecule has 0 bridgehead atoms. The van der Waals surface area contributed by atoms with Crippen molar-refractivity contribution in [2.24, 2.45) is 0 Å². The maximum Gasteiger partial charge on any atom is 0.227 e. The van der Waals surface area contributed by atoms with Crippen molar-refractivity contribution in [1.29, 1.82) is 0 Å². The van der Waals surface area contributed by atoms with E-state index in [4.69, 9.17) is 17.0 Å². The van der Waals surface area contributed by atoms with E-state index in [0.717, 1.165) is 35.7 Å². The van der Waals surface area contributed by atoms with Crippen LogP contribution in [-0.4, -0.2) is 30.2 Å². The van der Waals surface area contributed by atoms with Crippen molar-refractivity contribution >= 4 is 34.6 Å². The Morgan fingerprint density at radius 2 is 1.96 bits per heavy atom. The van der Waals surface area contributed by atoms with E-state index in [1.54, 1.807) is 0 Å². The lowest BCUT2D eigenvalue weighted by molar-refractivity contribution is -0.117. The van der Waals surface area contributed by atoms with Crippen LogP contribution in [0.3, 0.4) is 0 Å². The Morgan fingerprint density at radius 1 is 1.22 bits per heavy atom. The van der Waals surface area contributed by atoms with Crippen LogP contribution in [0, 0.1) is 6.92 Å². The molecule has 1 heterocycles. The number of aryl methyl sites for hydroxylation is 1. The Labute approximate surface area is 165 Å². The van der Waals surface area contributed by atoms with E-state index in [-0.39, 0.29) is 11.9 Å². The average Bonchev–Trinajstić information content (AvgIpc) is 3.07. The SMILES string of the molecule is Cc1ccccc1OC[C@H](C)NC(=S)Nc1ccc(N2CCCC2=O)cc1. The number of ether oxygens (including phenoxy) is 1. The summed E-state index contributed by atoms with van der Waals surface area (Å²) in [6.07, 6.45) is 1.56. The molecule has 0 radical (unpaired) electrons. The van der Waals surface area contributed by atoms with Gasteiger partial charge in [-0.1, -0.05) is 18.2 Å². The van der Waals surface area contributed by atoms with Gasteiger partial charge >= 0.3 is 0 Å². The second-order valence-electron chi connectivity index (χ2n) is 6.77.